The fourth-order valence-corrected chi connectivity index (χ4v) is 3.76. The summed E-state index contributed by atoms with van der Waals surface area (Å²) in [6, 6.07) is 9.33. The molecule has 1 fully saturated rings. The van der Waals surface area contributed by atoms with Crippen LogP contribution in [0.2, 0.25) is 5.02 Å². The van der Waals surface area contributed by atoms with Gasteiger partial charge in [-0.25, -0.2) is 4.98 Å². The number of benzene rings is 1. The normalized spacial score (nSPS) is 20.2. The van der Waals surface area contributed by atoms with Crippen molar-refractivity contribution < 1.29 is 9.21 Å². The molecule has 0 spiro atoms. The van der Waals surface area contributed by atoms with Gasteiger partial charge in [0.15, 0.2) is 0 Å². The fourth-order valence-electron chi connectivity index (χ4n) is 2.37. The lowest BCUT2D eigenvalue weighted by molar-refractivity contribution is -0.121. The number of thioether (sulfide) groups is 1. The molecular weight excluding hydrogens is 334 g/mol. The van der Waals surface area contributed by atoms with E-state index in [0.717, 1.165) is 11.3 Å². The van der Waals surface area contributed by atoms with Gasteiger partial charge in [0, 0.05) is 16.3 Å². The second-order valence-corrected chi connectivity index (χ2v) is 6.91. The van der Waals surface area contributed by atoms with Gasteiger partial charge in [-0.1, -0.05) is 11.6 Å². The Kier molecular flexibility index (Phi) is 4.60. The fraction of sp³-hybridized carbons (Fsp3) is 0.312. The summed E-state index contributed by atoms with van der Waals surface area (Å²) in [5.74, 6) is 1.74. The summed E-state index contributed by atoms with van der Waals surface area (Å²) in [7, 11) is 0. The monoisotopic (exact) mass is 347 g/mol. The smallest absolute Gasteiger partial charge is 0.227 e. The molecule has 1 amide bonds. The number of nitrogens with zero attached hydrogens (tertiary/aromatic N) is 2. The minimum Gasteiger partial charge on any atom is -0.444 e. The molecule has 0 unspecified atom stereocenters. The molecule has 1 aliphatic rings. The van der Waals surface area contributed by atoms with Crippen LogP contribution >= 0.6 is 23.4 Å². The molecule has 1 aromatic heterocycles. The van der Waals surface area contributed by atoms with Gasteiger partial charge in [0.25, 0.3) is 0 Å². The maximum absolute atomic E-state index is 12.2. The molecule has 0 saturated carbocycles. The molecule has 3 rings (SSSR count). The first-order chi connectivity index (χ1) is 11.1. The predicted molar refractivity (Wildman–Crippen MR) is 89.1 cm³/mol. The van der Waals surface area contributed by atoms with Gasteiger partial charge in [-0.2, -0.15) is 17.0 Å². The van der Waals surface area contributed by atoms with E-state index in [0.29, 0.717) is 28.8 Å². The van der Waals surface area contributed by atoms with E-state index in [2.05, 4.69) is 16.4 Å². The third-order valence-electron chi connectivity index (χ3n) is 3.60. The number of hydrogen-bond donors (Lipinski definition) is 1. The third kappa shape index (κ3) is 3.69. The minimum absolute atomic E-state index is 0.0885. The number of hydrogen-bond acceptors (Lipinski definition) is 5. The van der Waals surface area contributed by atoms with Gasteiger partial charge >= 0.3 is 0 Å². The SMILES string of the molecule is N#C[C@@]1(NC(=O)Cc2coc(-c3ccc(Cl)cc3)n2)CCSC1. The van der Waals surface area contributed by atoms with Crippen LogP contribution in [0.3, 0.4) is 0 Å². The van der Waals surface area contributed by atoms with E-state index >= 15 is 0 Å². The molecule has 1 aliphatic heterocycles. The van der Waals surface area contributed by atoms with Crippen molar-refractivity contribution in [1.29, 1.82) is 5.26 Å². The number of carbonyl (C=O) groups excluding carboxylic acids is 1. The van der Waals surface area contributed by atoms with E-state index in [4.69, 9.17) is 16.0 Å². The first kappa shape index (κ1) is 15.9. The van der Waals surface area contributed by atoms with E-state index in [-0.39, 0.29) is 12.3 Å². The molecule has 2 heterocycles. The van der Waals surface area contributed by atoms with Crippen molar-refractivity contribution in [2.24, 2.45) is 0 Å². The molecule has 2 aromatic rings. The van der Waals surface area contributed by atoms with Crippen LogP contribution in [0.25, 0.3) is 11.5 Å². The van der Waals surface area contributed by atoms with Crippen molar-refractivity contribution in [2.75, 3.05) is 11.5 Å². The molecule has 0 radical (unpaired) electrons. The highest BCUT2D eigenvalue weighted by atomic mass is 35.5. The maximum atomic E-state index is 12.2. The molecule has 1 N–H and O–H groups in total. The quantitative estimate of drug-likeness (QED) is 0.919. The van der Waals surface area contributed by atoms with E-state index in [1.807, 2.05) is 0 Å². The molecule has 23 heavy (non-hydrogen) atoms. The van der Waals surface area contributed by atoms with Crippen LogP contribution in [0.5, 0.6) is 0 Å². The Morgan fingerprint density at radius 2 is 2.26 bits per heavy atom. The zero-order valence-electron chi connectivity index (χ0n) is 12.2. The van der Waals surface area contributed by atoms with Crippen molar-refractivity contribution in [3.63, 3.8) is 0 Å². The lowest BCUT2D eigenvalue weighted by Crippen LogP contribution is -2.48. The Balaban J connectivity index is 1.66. The van der Waals surface area contributed by atoms with E-state index < -0.39 is 5.54 Å². The molecule has 5 nitrogen and oxygen atoms in total. The molecule has 1 atom stereocenters. The molecule has 1 aromatic carbocycles. The van der Waals surface area contributed by atoms with E-state index in [1.165, 1.54) is 6.26 Å². The van der Waals surface area contributed by atoms with Crippen molar-refractivity contribution in [3.05, 3.63) is 41.2 Å². The molecule has 1 saturated heterocycles. The highest BCUT2D eigenvalue weighted by molar-refractivity contribution is 7.99. The second-order valence-electron chi connectivity index (χ2n) is 5.37. The van der Waals surface area contributed by atoms with Gasteiger partial charge < -0.3 is 9.73 Å². The Bertz CT molecular complexity index is 745. The van der Waals surface area contributed by atoms with Gasteiger partial charge in [-0.05, 0) is 36.4 Å². The highest BCUT2D eigenvalue weighted by Gasteiger charge is 2.36. The van der Waals surface area contributed by atoms with Crippen molar-refractivity contribution in [1.82, 2.24) is 10.3 Å². The molecule has 0 aliphatic carbocycles. The number of carbonyl (C=O) groups is 1. The van der Waals surface area contributed by atoms with Gasteiger partial charge in [0.1, 0.15) is 11.8 Å². The van der Waals surface area contributed by atoms with Crippen molar-refractivity contribution in [3.8, 4) is 17.5 Å². The van der Waals surface area contributed by atoms with Crippen LogP contribution in [-0.2, 0) is 11.2 Å². The van der Waals surface area contributed by atoms with Crippen LogP contribution < -0.4 is 5.32 Å². The summed E-state index contributed by atoms with van der Waals surface area (Å²) in [5.41, 5.74) is 0.581. The Morgan fingerprint density at radius 3 is 2.91 bits per heavy atom. The standard InChI is InChI=1S/C16H14ClN3O2S/c17-12-3-1-11(2-4-12)15-19-13(8-22-15)7-14(21)20-16(9-18)5-6-23-10-16/h1-4,8H,5-7,10H2,(H,20,21)/t16-/m0/s1. The number of halogens is 1. The summed E-state index contributed by atoms with van der Waals surface area (Å²) in [6.45, 7) is 0. The Morgan fingerprint density at radius 1 is 1.48 bits per heavy atom. The Hall–Kier alpha value is -1.97. The highest BCUT2D eigenvalue weighted by Crippen LogP contribution is 2.27. The molecule has 0 bridgehead atoms. The van der Waals surface area contributed by atoms with Crippen LogP contribution in [0.1, 0.15) is 12.1 Å². The number of amides is 1. The van der Waals surface area contributed by atoms with Crippen LogP contribution in [-0.4, -0.2) is 27.9 Å². The van der Waals surface area contributed by atoms with E-state index in [9.17, 15) is 10.1 Å². The van der Waals surface area contributed by atoms with Crippen molar-refractivity contribution in [2.45, 2.75) is 18.4 Å². The summed E-state index contributed by atoms with van der Waals surface area (Å²) >= 11 is 7.52. The number of nitriles is 1. The second kappa shape index (κ2) is 6.65. The largest absolute Gasteiger partial charge is 0.444 e. The lowest BCUT2D eigenvalue weighted by atomic mass is 10.0. The number of aromatic nitrogens is 1. The number of rotatable bonds is 4. The zero-order chi connectivity index (χ0) is 16.3. The number of oxazole rings is 1. The molecule has 7 heteroatoms. The van der Waals surface area contributed by atoms with Gasteiger partial charge in [-0.3, -0.25) is 4.79 Å². The topological polar surface area (TPSA) is 78.9 Å². The third-order valence-corrected chi connectivity index (χ3v) is 5.04. The molecular formula is C16H14ClN3O2S. The first-order valence-electron chi connectivity index (χ1n) is 7.11. The average Bonchev–Trinajstić information content (AvgIpc) is 3.18. The summed E-state index contributed by atoms with van der Waals surface area (Å²) < 4.78 is 5.41. The van der Waals surface area contributed by atoms with E-state index in [1.54, 1.807) is 36.0 Å². The predicted octanol–water partition coefficient (Wildman–Crippen LogP) is 3.05. The van der Waals surface area contributed by atoms with Gasteiger partial charge in [0.2, 0.25) is 11.8 Å². The van der Waals surface area contributed by atoms with Crippen molar-refractivity contribution >= 4 is 29.3 Å². The van der Waals surface area contributed by atoms with Gasteiger partial charge in [-0.15, -0.1) is 0 Å². The summed E-state index contributed by atoms with van der Waals surface area (Å²) in [5, 5.41) is 12.7. The van der Waals surface area contributed by atoms with Gasteiger partial charge in [0.05, 0.1) is 18.2 Å². The maximum Gasteiger partial charge on any atom is 0.227 e. The van der Waals surface area contributed by atoms with Crippen LogP contribution in [0.15, 0.2) is 34.9 Å². The summed E-state index contributed by atoms with van der Waals surface area (Å²) in [6.07, 6.45) is 2.23. The lowest BCUT2D eigenvalue weighted by Gasteiger charge is -2.20. The summed E-state index contributed by atoms with van der Waals surface area (Å²) in [4.78, 5) is 16.5. The minimum atomic E-state index is -0.746. The van der Waals surface area contributed by atoms with Crippen LogP contribution in [0, 0.1) is 11.3 Å². The van der Waals surface area contributed by atoms with Crippen LogP contribution in [0.4, 0.5) is 0 Å². The Labute approximate surface area is 143 Å². The molecule has 118 valence electrons. The average molecular weight is 348 g/mol. The number of nitrogens with one attached hydrogen (secondary N) is 1. The zero-order valence-corrected chi connectivity index (χ0v) is 13.8. The first-order valence-corrected chi connectivity index (χ1v) is 8.64.